The van der Waals surface area contributed by atoms with Gasteiger partial charge in [0.05, 0.1) is 18.4 Å². The zero-order valence-corrected chi connectivity index (χ0v) is 28.3. The first-order chi connectivity index (χ1) is 24.5. The molecule has 3 aromatic carbocycles. The molecule has 4 aromatic rings. The molecule has 252 valence electrons. The van der Waals surface area contributed by atoms with E-state index in [-0.39, 0.29) is 36.9 Å². The van der Waals surface area contributed by atoms with Crippen LogP contribution >= 0.6 is 11.8 Å². The third kappa shape index (κ3) is 6.17. The number of carbonyl (C=O) groups excluding carboxylic acids is 3. The second kappa shape index (κ2) is 13.8. The summed E-state index contributed by atoms with van der Waals surface area (Å²) in [5.74, 6) is 6.64. The number of aliphatic hydroxyl groups is 1. The Labute approximate surface area is 295 Å². The average molecular weight is 684 g/mol. The number of pyridine rings is 1. The molecule has 0 bridgehead atoms. The molecule has 0 radical (unpaired) electrons. The van der Waals surface area contributed by atoms with E-state index in [9.17, 15) is 19.5 Å². The van der Waals surface area contributed by atoms with Crippen molar-refractivity contribution < 1.29 is 19.5 Å². The van der Waals surface area contributed by atoms with Crippen molar-refractivity contribution >= 4 is 35.2 Å². The van der Waals surface area contributed by atoms with E-state index in [4.69, 9.17) is 0 Å². The number of carbonyl (C=O) groups is 3. The number of fused-ring (bicyclic) bond motifs is 4. The minimum absolute atomic E-state index is 0.0268. The Balaban J connectivity index is 0.977. The van der Waals surface area contributed by atoms with Crippen molar-refractivity contribution in [2.75, 3.05) is 24.2 Å². The normalized spacial score (nSPS) is 22.6. The molecule has 5 heterocycles. The molecule has 4 atom stereocenters. The molecule has 1 aromatic heterocycles. The zero-order valence-electron chi connectivity index (χ0n) is 27.5. The summed E-state index contributed by atoms with van der Waals surface area (Å²) in [5, 5.41) is 16.2. The van der Waals surface area contributed by atoms with E-state index in [1.165, 1.54) is 11.1 Å². The topological polar surface area (TPSA) is 115 Å². The van der Waals surface area contributed by atoms with Gasteiger partial charge in [-0.15, -0.1) is 11.8 Å². The van der Waals surface area contributed by atoms with Gasteiger partial charge >= 0.3 is 0 Å². The van der Waals surface area contributed by atoms with Gasteiger partial charge in [0.1, 0.15) is 6.04 Å². The summed E-state index contributed by atoms with van der Waals surface area (Å²) in [5.41, 5.74) is 8.25. The minimum atomic E-state index is -0.632. The van der Waals surface area contributed by atoms with Crippen LogP contribution in [0.4, 0.5) is 5.69 Å². The van der Waals surface area contributed by atoms with E-state index >= 15 is 0 Å². The van der Waals surface area contributed by atoms with Gasteiger partial charge in [0.25, 0.3) is 5.91 Å². The van der Waals surface area contributed by atoms with E-state index in [0.29, 0.717) is 30.2 Å². The predicted octanol–water partition coefficient (Wildman–Crippen LogP) is 5.00. The lowest BCUT2D eigenvalue weighted by atomic mass is 9.82. The number of rotatable bonds is 7. The molecule has 3 N–H and O–H groups in total. The van der Waals surface area contributed by atoms with Gasteiger partial charge in [-0.25, -0.2) is 0 Å². The first-order valence-corrected chi connectivity index (χ1v) is 18.1. The van der Waals surface area contributed by atoms with Crippen LogP contribution in [0.15, 0.2) is 90.1 Å². The fraction of sp³-hybridized carbons (Fsp3) is 0.300. The van der Waals surface area contributed by atoms with Crippen LogP contribution in [0.5, 0.6) is 0 Å². The second-order valence-electron chi connectivity index (χ2n) is 13.3. The number of nitrogens with zero attached hydrogens (tertiary/aromatic N) is 3. The number of benzene rings is 3. The van der Waals surface area contributed by atoms with Gasteiger partial charge < -0.3 is 15.3 Å². The molecule has 3 amide bonds. The number of aliphatic hydroxyl groups excluding tert-OH is 1. The first-order valence-electron chi connectivity index (χ1n) is 17.1. The van der Waals surface area contributed by atoms with Crippen molar-refractivity contribution in [3.63, 3.8) is 0 Å². The Bertz CT molecular complexity index is 2040. The van der Waals surface area contributed by atoms with Crippen LogP contribution in [0.25, 0.3) is 11.1 Å². The highest BCUT2D eigenvalue weighted by Gasteiger charge is 2.44. The van der Waals surface area contributed by atoms with Crippen LogP contribution in [-0.4, -0.2) is 68.6 Å². The Morgan fingerprint density at radius 2 is 1.80 bits per heavy atom. The lowest BCUT2D eigenvalue weighted by Gasteiger charge is -2.39. The summed E-state index contributed by atoms with van der Waals surface area (Å²) in [4.78, 5) is 46.6. The SMILES string of the molecule is O=C1CCC(N2Cc3c(SCC#Cc4cccc(-c5ccc6c(c5)[C@H]5[C@H](CCN5Cc5ccncc5)[C@@H](CO)N6)c4)cccc3C2=O)C(=O)N1. The number of hydrogen-bond acceptors (Lipinski definition) is 8. The van der Waals surface area contributed by atoms with Gasteiger partial charge in [-0.2, -0.15) is 0 Å². The number of piperidine rings is 1. The maximum Gasteiger partial charge on any atom is 0.255 e. The molecule has 8 rings (SSSR count). The van der Waals surface area contributed by atoms with Crippen molar-refractivity contribution in [1.29, 1.82) is 0 Å². The average Bonchev–Trinajstić information content (AvgIpc) is 3.71. The molecule has 9 nitrogen and oxygen atoms in total. The van der Waals surface area contributed by atoms with E-state index < -0.39 is 11.9 Å². The molecule has 4 aliphatic heterocycles. The van der Waals surface area contributed by atoms with E-state index in [2.05, 4.69) is 74.8 Å². The van der Waals surface area contributed by atoms with Gasteiger partial charge in [-0.3, -0.25) is 29.6 Å². The monoisotopic (exact) mass is 683 g/mol. The molecule has 10 heteroatoms. The lowest BCUT2D eigenvalue weighted by molar-refractivity contribution is -0.136. The second-order valence-corrected chi connectivity index (χ2v) is 14.3. The maximum absolute atomic E-state index is 13.2. The van der Waals surface area contributed by atoms with E-state index in [1.807, 2.05) is 36.7 Å². The maximum atomic E-state index is 13.2. The molecule has 2 fully saturated rings. The number of imide groups is 1. The third-order valence-corrected chi connectivity index (χ3v) is 11.4. The van der Waals surface area contributed by atoms with E-state index in [1.54, 1.807) is 22.7 Å². The molecule has 4 aliphatic rings. The highest BCUT2D eigenvalue weighted by molar-refractivity contribution is 7.99. The largest absolute Gasteiger partial charge is 0.394 e. The number of hydrogen-bond donors (Lipinski definition) is 3. The number of amides is 3. The summed E-state index contributed by atoms with van der Waals surface area (Å²) in [7, 11) is 0. The summed E-state index contributed by atoms with van der Waals surface area (Å²) >= 11 is 1.58. The number of anilines is 1. The van der Waals surface area contributed by atoms with Gasteiger partial charge in [-0.05, 0) is 95.7 Å². The van der Waals surface area contributed by atoms with Gasteiger partial charge in [-0.1, -0.05) is 36.1 Å². The van der Waals surface area contributed by atoms with Crippen LogP contribution in [-0.2, 0) is 22.7 Å². The summed E-state index contributed by atoms with van der Waals surface area (Å²) in [6, 6.07) is 24.3. The molecule has 0 aliphatic carbocycles. The number of thioether (sulfide) groups is 1. The van der Waals surface area contributed by atoms with E-state index in [0.717, 1.165) is 52.3 Å². The Morgan fingerprint density at radius 3 is 2.64 bits per heavy atom. The van der Waals surface area contributed by atoms with Crippen molar-refractivity contribution in [3.05, 3.63) is 113 Å². The van der Waals surface area contributed by atoms with Gasteiger partial charge in [0, 0.05) is 65.6 Å². The quantitative estimate of drug-likeness (QED) is 0.142. The Kier molecular flexibility index (Phi) is 8.87. The number of nitrogens with one attached hydrogen (secondary N) is 2. The smallest absolute Gasteiger partial charge is 0.255 e. The fourth-order valence-electron chi connectivity index (χ4n) is 7.96. The van der Waals surface area contributed by atoms with Crippen LogP contribution in [0.2, 0.25) is 0 Å². The third-order valence-electron chi connectivity index (χ3n) is 10.4. The number of aromatic nitrogens is 1. The highest BCUT2D eigenvalue weighted by Crippen LogP contribution is 2.48. The van der Waals surface area contributed by atoms with Gasteiger partial charge in [0.15, 0.2) is 0 Å². The Hall–Kier alpha value is -4.95. The van der Waals surface area contributed by atoms with Crippen molar-refractivity contribution in [1.82, 2.24) is 20.1 Å². The lowest BCUT2D eigenvalue weighted by Crippen LogP contribution is -2.52. The molecular formula is C40H37N5O4S. The van der Waals surface area contributed by atoms with Crippen LogP contribution in [0.3, 0.4) is 0 Å². The van der Waals surface area contributed by atoms with Crippen molar-refractivity contribution in [2.45, 2.75) is 55.4 Å². The molecule has 2 saturated heterocycles. The molecule has 0 spiro atoms. The van der Waals surface area contributed by atoms with Crippen LogP contribution in [0.1, 0.15) is 57.9 Å². The van der Waals surface area contributed by atoms with Crippen LogP contribution < -0.4 is 10.6 Å². The summed E-state index contributed by atoms with van der Waals surface area (Å²) < 4.78 is 0. The van der Waals surface area contributed by atoms with Crippen LogP contribution in [0, 0.1) is 17.8 Å². The van der Waals surface area contributed by atoms with Crippen molar-refractivity contribution in [2.24, 2.45) is 5.92 Å². The molecular weight excluding hydrogens is 647 g/mol. The summed E-state index contributed by atoms with van der Waals surface area (Å²) in [6.45, 7) is 2.27. The fourth-order valence-corrected chi connectivity index (χ4v) is 8.78. The molecule has 50 heavy (non-hydrogen) atoms. The highest BCUT2D eigenvalue weighted by atomic mass is 32.2. The van der Waals surface area contributed by atoms with Gasteiger partial charge in [0.2, 0.25) is 11.8 Å². The zero-order chi connectivity index (χ0) is 34.2. The minimum Gasteiger partial charge on any atom is -0.394 e. The predicted molar refractivity (Wildman–Crippen MR) is 192 cm³/mol. The Morgan fingerprint density at radius 1 is 0.960 bits per heavy atom. The summed E-state index contributed by atoms with van der Waals surface area (Å²) in [6.07, 6.45) is 5.29. The van der Waals surface area contributed by atoms with Crippen molar-refractivity contribution in [3.8, 4) is 23.0 Å². The standard InChI is InChI=1S/C40H37N5O4S/c46-24-34-30-15-18-44(22-26-13-16-41-17-14-26)38(30)31-21-28(9-10-33(31)42-34)27-6-1-4-25(20-27)5-3-19-50-36-8-2-7-29-32(36)23-45(40(29)49)35-11-12-37(47)43-39(35)48/h1-2,4,6-10,13-14,16-17,20-21,30,34-35,38,42,46H,11-12,15,18-19,22-24H2,(H,43,47,48)/t30-,34-,35?,38-/m1/s1. The molecule has 0 saturated carbocycles. The number of likely N-dealkylation sites (tertiary alicyclic amines) is 1. The first kappa shape index (κ1) is 32.3. The molecule has 1 unspecified atom stereocenters.